The molecule has 1 aromatic carbocycles. The summed E-state index contributed by atoms with van der Waals surface area (Å²) in [5, 5.41) is 15.1. The largest absolute Gasteiger partial charge is 0.387 e. The third-order valence-electron chi connectivity index (χ3n) is 2.51. The van der Waals surface area contributed by atoms with Gasteiger partial charge in [-0.1, -0.05) is 6.92 Å². The Morgan fingerprint density at radius 3 is 2.84 bits per heavy atom. The SMILES string of the molecule is CCCNC(=O)CNCC(O)c1cc(F)ccc1F. The Morgan fingerprint density at radius 2 is 2.16 bits per heavy atom. The summed E-state index contributed by atoms with van der Waals surface area (Å²) >= 11 is 0. The number of halogens is 2. The zero-order chi connectivity index (χ0) is 14.3. The van der Waals surface area contributed by atoms with Gasteiger partial charge in [-0.2, -0.15) is 0 Å². The van der Waals surface area contributed by atoms with E-state index in [-0.39, 0.29) is 24.6 Å². The zero-order valence-electron chi connectivity index (χ0n) is 10.7. The van der Waals surface area contributed by atoms with E-state index in [1.54, 1.807) is 0 Å². The summed E-state index contributed by atoms with van der Waals surface area (Å²) in [5.74, 6) is -1.49. The number of carbonyl (C=O) groups is 1. The topological polar surface area (TPSA) is 61.4 Å². The van der Waals surface area contributed by atoms with Crippen LogP contribution in [-0.4, -0.2) is 30.6 Å². The lowest BCUT2D eigenvalue weighted by atomic mass is 10.1. The van der Waals surface area contributed by atoms with Crippen LogP contribution in [0, 0.1) is 11.6 Å². The van der Waals surface area contributed by atoms with E-state index < -0.39 is 17.7 Å². The van der Waals surface area contributed by atoms with Crippen molar-refractivity contribution >= 4 is 5.91 Å². The van der Waals surface area contributed by atoms with Gasteiger partial charge in [-0.05, 0) is 24.6 Å². The number of amides is 1. The molecule has 0 bridgehead atoms. The Hall–Kier alpha value is -1.53. The van der Waals surface area contributed by atoms with Crippen LogP contribution in [0.4, 0.5) is 8.78 Å². The molecular weight excluding hydrogens is 254 g/mol. The molecule has 4 nitrogen and oxygen atoms in total. The van der Waals surface area contributed by atoms with Crippen molar-refractivity contribution in [3.63, 3.8) is 0 Å². The molecule has 0 aromatic heterocycles. The van der Waals surface area contributed by atoms with Crippen LogP contribution in [0.1, 0.15) is 25.0 Å². The second-order valence-corrected chi connectivity index (χ2v) is 4.16. The van der Waals surface area contributed by atoms with E-state index in [0.29, 0.717) is 6.54 Å². The maximum atomic E-state index is 13.3. The highest BCUT2D eigenvalue weighted by molar-refractivity contribution is 5.77. The van der Waals surface area contributed by atoms with Gasteiger partial charge in [0, 0.05) is 18.7 Å². The Kier molecular flexibility index (Phi) is 6.38. The van der Waals surface area contributed by atoms with E-state index in [2.05, 4.69) is 10.6 Å². The summed E-state index contributed by atoms with van der Waals surface area (Å²) in [7, 11) is 0. The van der Waals surface area contributed by atoms with Crippen molar-refractivity contribution in [1.82, 2.24) is 10.6 Å². The maximum absolute atomic E-state index is 13.3. The van der Waals surface area contributed by atoms with Crippen LogP contribution in [0.15, 0.2) is 18.2 Å². The van der Waals surface area contributed by atoms with Gasteiger partial charge in [0.25, 0.3) is 0 Å². The van der Waals surface area contributed by atoms with Gasteiger partial charge in [0.2, 0.25) is 5.91 Å². The van der Waals surface area contributed by atoms with Crippen molar-refractivity contribution in [3.05, 3.63) is 35.4 Å². The third-order valence-corrected chi connectivity index (χ3v) is 2.51. The highest BCUT2D eigenvalue weighted by Gasteiger charge is 2.13. The fraction of sp³-hybridized carbons (Fsp3) is 0.462. The number of hydrogen-bond acceptors (Lipinski definition) is 3. The molecule has 1 rings (SSSR count). The molecule has 6 heteroatoms. The molecule has 0 heterocycles. The lowest BCUT2D eigenvalue weighted by Crippen LogP contribution is -2.36. The minimum absolute atomic E-state index is 0.0218. The summed E-state index contributed by atoms with van der Waals surface area (Å²) in [6, 6.07) is 2.89. The lowest BCUT2D eigenvalue weighted by molar-refractivity contribution is -0.120. The van der Waals surface area contributed by atoms with Crippen molar-refractivity contribution in [2.45, 2.75) is 19.4 Å². The normalized spacial score (nSPS) is 12.2. The summed E-state index contributed by atoms with van der Waals surface area (Å²) in [5.41, 5.74) is -0.124. The van der Waals surface area contributed by atoms with E-state index in [0.717, 1.165) is 24.6 Å². The summed E-state index contributed by atoms with van der Waals surface area (Å²) in [6.45, 7) is 2.51. The molecule has 106 valence electrons. The Labute approximate surface area is 110 Å². The molecule has 0 fully saturated rings. The zero-order valence-corrected chi connectivity index (χ0v) is 10.7. The predicted molar refractivity (Wildman–Crippen MR) is 67.5 cm³/mol. The molecule has 1 unspecified atom stereocenters. The monoisotopic (exact) mass is 272 g/mol. The first-order chi connectivity index (χ1) is 9.04. The van der Waals surface area contributed by atoms with Crippen LogP contribution < -0.4 is 10.6 Å². The number of aliphatic hydroxyl groups is 1. The van der Waals surface area contributed by atoms with Gasteiger partial charge in [0.1, 0.15) is 11.6 Å². The first-order valence-electron chi connectivity index (χ1n) is 6.15. The van der Waals surface area contributed by atoms with E-state index in [1.165, 1.54) is 0 Å². The van der Waals surface area contributed by atoms with E-state index in [4.69, 9.17) is 0 Å². The van der Waals surface area contributed by atoms with E-state index >= 15 is 0 Å². The van der Waals surface area contributed by atoms with Crippen molar-refractivity contribution in [2.75, 3.05) is 19.6 Å². The number of nitrogens with one attached hydrogen (secondary N) is 2. The number of hydrogen-bond donors (Lipinski definition) is 3. The maximum Gasteiger partial charge on any atom is 0.233 e. The van der Waals surface area contributed by atoms with Gasteiger partial charge in [0.05, 0.1) is 12.6 Å². The Bertz CT molecular complexity index is 427. The van der Waals surface area contributed by atoms with Crippen LogP contribution >= 0.6 is 0 Å². The molecule has 0 radical (unpaired) electrons. The van der Waals surface area contributed by atoms with Crippen molar-refractivity contribution in [3.8, 4) is 0 Å². The fourth-order valence-electron chi connectivity index (χ4n) is 1.53. The molecule has 1 aromatic rings. The molecule has 1 atom stereocenters. The molecule has 0 spiro atoms. The first-order valence-corrected chi connectivity index (χ1v) is 6.15. The van der Waals surface area contributed by atoms with Crippen molar-refractivity contribution < 1.29 is 18.7 Å². The second kappa shape index (κ2) is 7.81. The van der Waals surface area contributed by atoms with Crippen LogP contribution in [0.5, 0.6) is 0 Å². The molecule has 0 aliphatic rings. The van der Waals surface area contributed by atoms with Crippen molar-refractivity contribution in [1.29, 1.82) is 0 Å². The summed E-state index contributed by atoms with van der Waals surface area (Å²) in [6.07, 6.45) is -0.363. The molecule has 0 aliphatic carbocycles. The smallest absolute Gasteiger partial charge is 0.233 e. The van der Waals surface area contributed by atoms with E-state index in [1.807, 2.05) is 6.92 Å². The van der Waals surface area contributed by atoms with Crippen molar-refractivity contribution in [2.24, 2.45) is 0 Å². The number of benzene rings is 1. The first kappa shape index (κ1) is 15.5. The summed E-state index contributed by atoms with van der Waals surface area (Å²) in [4.78, 5) is 11.3. The highest BCUT2D eigenvalue weighted by Crippen LogP contribution is 2.17. The highest BCUT2D eigenvalue weighted by atomic mass is 19.1. The van der Waals surface area contributed by atoms with E-state index in [9.17, 15) is 18.7 Å². The van der Waals surface area contributed by atoms with Gasteiger partial charge < -0.3 is 15.7 Å². The minimum atomic E-state index is -1.20. The quantitative estimate of drug-likeness (QED) is 0.697. The van der Waals surface area contributed by atoms with Crippen LogP contribution in [-0.2, 0) is 4.79 Å². The molecular formula is C13H18F2N2O2. The molecule has 3 N–H and O–H groups in total. The van der Waals surface area contributed by atoms with Gasteiger partial charge in [-0.25, -0.2) is 8.78 Å². The van der Waals surface area contributed by atoms with Gasteiger partial charge in [0.15, 0.2) is 0 Å². The Balaban J connectivity index is 2.41. The number of carbonyl (C=O) groups excluding carboxylic acids is 1. The molecule has 0 aliphatic heterocycles. The minimum Gasteiger partial charge on any atom is -0.387 e. The second-order valence-electron chi connectivity index (χ2n) is 4.16. The Morgan fingerprint density at radius 1 is 1.42 bits per heavy atom. The van der Waals surface area contributed by atoms with Crippen LogP contribution in [0.3, 0.4) is 0 Å². The lowest BCUT2D eigenvalue weighted by Gasteiger charge is -2.13. The predicted octanol–water partition coefficient (Wildman–Crippen LogP) is 1.11. The number of aliphatic hydroxyl groups excluding tert-OH is 1. The molecule has 19 heavy (non-hydrogen) atoms. The van der Waals surface area contributed by atoms with Gasteiger partial charge in [-0.3, -0.25) is 4.79 Å². The average Bonchev–Trinajstić information content (AvgIpc) is 2.39. The fourth-order valence-corrected chi connectivity index (χ4v) is 1.53. The molecule has 0 saturated heterocycles. The standard InChI is InChI=1S/C13H18F2N2O2/c1-2-5-17-13(19)8-16-7-12(18)10-6-9(14)3-4-11(10)15/h3-4,6,12,16,18H,2,5,7-8H2,1H3,(H,17,19). The van der Waals surface area contributed by atoms with Crippen LogP contribution in [0.2, 0.25) is 0 Å². The summed E-state index contributed by atoms with van der Waals surface area (Å²) < 4.78 is 26.3. The van der Waals surface area contributed by atoms with Crippen LogP contribution in [0.25, 0.3) is 0 Å². The van der Waals surface area contributed by atoms with Gasteiger partial charge in [-0.15, -0.1) is 0 Å². The molecule has 1 amide bonds. The molecule has 0 saturated carbocycles. The average molecular weight is 272 g/mol. The van der Waals surface area contributed by atoms with Gasteiger partial charge >= 0.3 is 0 Å². The number of rotatable bonds is 7. The third kappa shape index (κ3) is 5.32.